The van der Waals surface area contributed by atoms with Crippen molar-refractivity contribution in [1.29, 1.82) is 0 Å². The first-order valence-corrected chi connectivity index (χ1v) is 10.3. The number of aromatic nitrogens is 2. The van der Waals surface area contributed by atoms with E-state index in [9.17, 15) is 0 Å². The van der Waals surface area contributed by atoms with E-state index in [4.69, 9.17) is 0 Å². The average Bonchev–Trinajstić information content (AvgIpc) is 2.70. The van der Waals surface area contributed by atoms with Gasteiger partial charge in [0, 0.05) is 34.5 Å². The molecule has 4 aromatic rings. The Bertz CT molecular complexity index is 1200. The van der Waals surface area contributed by atoms with Gasteiger partial charge in [-0.05, 0) is 73.0 Å². The highest BCUT2D eigenvalue weighted by Crippen LogP contribution is 2.29. The Hall–Kier alpha value is -3.00. The molecule has 0 radical (unpaired) electrons. The minimum absolute atomic E-state index is 0.448. The van der Waals surface area contributed by atoms with Crippen molar-refractivity contribution >= 4 is 10.8 Å². The normalized spacial score (nSPS) is 11.4. The van der Waals surface area contributed by atoms with Crippen LogP contribution < -0.4 is 4.57 Å². The minimum atomic E-state index is 0.448. The van der Waals surface area contributed by atoms with Crippen molar-refractivity contribution in [1.82, 2.24) is 4.98 Å². The van der Waals surface area contributed by atoms with E-state index in [0.29, 0.717) is 5.92 Å². The number of hydrogen-bond donors (Lipinski definition) is 0. The van der Waals surface area contributed by atoms with Crippen LogP contribution in [0.15, 0.2) is 60.9 Å². The molecule has 2 heteroatoms. The predicted octanol–water partition coefficient (Wildman–Crippen LogP) is 6.44. The highest BCUT2D eigenvalue weighted by atomic mass is 14.9. The van der Waals surface area contributed by atoms with Crippen LogP contribution in [0.5, 0.6) is 0 Å². The van der Waals surface area contributed by atoms with Crippen molar-refractivity contribution in [2.75, 3.05) is 0 Å². The third-order valence-corrected chi connectivity index (χ3v) is 5.89. The lowest BCUT2D eigenvalue weighted by Crippen LogP contribution is -2.30. The van der Waals surface area contributed by atoms with E-state index >= 15 is 0 Å². The van der Waals surface area contributed by atoms with Crippen LogP contribution in [0, 0.1) is 20.8 Å². The zero-order chi connectivity index (χ0) is 20.7. The molecule has 0 amide bonds. The molecule has 0 bridgehead atoms. The van der Waals surface area contributed by atoms with E-state index in [-0.39, 0.29) is 0 Å². The summed E-state index contributed by atoms with van der Waals surface area (Å²) in [6.45, 7) is 10.9. The molecule has 0 saturated heterocycles. The number of benzene rings is 2. The summed E-state index contributed by atoms with van der Waals surface area (Å²) in [6.07, 6.45) is 4.22. The topological polar surface area (TPSA) is 16.8 Å². The van der Waals surface area contributed by atoms with E-state index in [1.165, 1.54) is 44.3 Å². The van der Waals surface area contributed by atoms with Crippen LogP contribution in [-0.4, -0.2) is 4.98 Å². The second-order valence-electron chi connectivity index (χ2n) is 8.49. The van der Waals surface area contributed by atoms with Crippen molar-refractivity contribution in [2.24, 2.45) is 7.05 Å². The highest BCUT2D eigenvalue weighted by Gasteiger charge is 2.16. The molecule has 0 aliphatic rings. The zero-order valence-electron chi connectivity index (χ0n) is 18.2. The molecule has 0 N–H and O–H groups in total. The van der Waals surface area contributed by atoms with Crippen molar-refractivity contribution in [2.45, 2.75) is 40.5 Å². The lowest BCUT2D eigenvalue weighted by atomic mass is 9.95. The third-order valence-electron chi connectivity index (χ3n) is 5.89. The molecule has 0 spiro atoms. The molecule has 2 heterocycles. The van der Waals surface area contributed by atoms with Gasteiger partial charge in [-0.1, -0.05) is 37.6 Å². The quantitative estimate of drug-likeness (QED) is 0.373. The fourth-order valence-corrected chi connectivity index (χ4v) is 4.02. The minimum Gasteiger partial charge on any atom is -0.260 e. The van der Waals surface area contributed by atoms with Crippen molar-refractivity contribution in [3.05, 3.63) is 83.3 Å². The van der Waals surface area contributed by atoms with Gasteiger partial charge >= 0.3 is 0 Å². The average molecular weight is 382 g/mol. The lowest BCUT2D eigenvalue weighted by Gasteiger charge is -2.11. The summed E-state index contributed by atoms with van der Waals surface area (Å²) in [5.74, 6) is 0.448. The standard InChI is InChI=1S/C27H29N2/c1-17(2)26-10-9-22(15-28-26)21-7-8-23-16-29(6)27(14-24(23)13-21)25-12-18(3)11-19(4)20(25)5/h7-17H,1-6H3/q+1. The first-order valence-electron chi connectivity index (χ1n) is 10.3. The van der Waals surface area contributed by atoms with E-state index in [1.807, 2.05) is 6.20 Å². The van der Waals surface area contributed by atoms with Gasteiger partial charge in [-0.3, -0.25) is 4.98 Å². The Morgan fingerprint density at radius 3 is 2.28 bits per heavy atom. The van der Waals surface area contributed by atoms with Gasteiger partial charge < -0.3 is 0 Å². The molecular formula is C27H29N2+. The van der Waals surface area contributed by atoms with Gasteiger partial charge in [0.25, 0.3) is 0 Å². The number of fused-ring (bicyclic) bond motifs is 1. The Kier molecular flexibility index (Phi) is 4.96. The van der Waals surface area contributed by atoms with Crippen LogP contribution in [0.25, 0.3) is 33.2 Å². The molecule has 0 aliphatic heterocycles. The van der Waals surface area contributed by atoms with Gasteiger partial charge in [0.1, 0.15) is 7.05 Å². The smallest absolute Gasteiger partial charge is 0.213 e. The Balaban J connectivity index is 1.84. The molecule has 0 unspecified atom stereocenters. The first-order chi connectivity index (χ1) is 13.8. The van der Waals surface area contributed by atoms with Gasteiger partial charge in [0.05, 0.1) is 0 Å². The van der Waals surface area contributed by atoms with Gasteiger partial charge in [0.15, 0.2) is 6.20 Å². The molecule has 2 aromatic heterocycles. The monoisotopic (exact) mass is 381 g/mol. The largest absolute Gasteiger partial charge is 0.260 e. The van der Waals surface area contributed by atoms with Crippen LogP contribution in [0.1, 0.15) is 42.1 Å². The van der Waals surface area contributed by atoms with Crippen LogP contribution in [0.4, 0.5) is 0 Å². The van der Waals surface area contributed by atoms with Crippen molar-refractivity contribution in [3.63, 3.8) is 0 Å². The number of hydrogen-bond acceptors (Lipinski definition) is 1. The second kappa shape index (κ2) is 7.44. The van der Waals surface area contributed by atoms with E-state index in [0.717, 1.165) is 11.3 Å². The Morgan fingerprint density at radius 1 is 0.828 bits per heavy atom. The molecule has 2 nitrogen and oxygen atoms in total. The molecule has 0 atom stereocenters. The van der Waals surface area contributed by atoms with Crippen molar-refractivity contribution < 1.29 is 4.57 Å². The molecule has 146 valence electrons. The molecule has 29 heavy (non-hydrogen) atoms. The second-order valence-corrected chi connectivity index (χ2v) is 8.49. The Morgan fingerprint density at radius 2 is 1.59 bits per heavy atom. The third kappa shape index (κ3) is 3.67. The maximum atomic E-state index is 4.64. The van der Waals surface area contributed by atoms with Crippen LogP contribution in [-0.2, 0) is 7.05 Å². The maximum Gasteiger partial charge on any atom is 0.213 e. The van der Waals surface area contributed by atoms with Crippen LogP contribution >= 0.6 is 0 Å². The summed E-state index contributed by atoms with van der Waals surface area (Å²) < 4.78 is 2.24. The molecule has 0 saturated carbocycles. The van der Waals surface area contributed by atoms with E-state index in [1.54, 1.807) is 0 Å². The number of rotatable bonds is 3. The SMILES string of the molecule is Cc1cc(C)c(C)c(-c2cc3cc(-c4ccc(C(C)C)nc4)ccc3c[n+]2C)c1. The highest BCUT2D eigenvalue weighted by molar-refractivity contribution is 5.88. The summed E-state index contributed by atoms with van der Waals surface area (Å²) in [4.78, 5) is 4.64. The van der Waals surface area contributed by atoms with Crippen LogP contribution in [0.3, 0.4) is 0 Å². The summed E-state index contributed by atoms with van der Waals surface area (Å²) in [5.41, 5.74) is 10.0. The number of pyridine rings is 2. The van der Waals surface area contributed by atoms with Gasteiger partial charge in [-0.25, -0.2) is 4.57 Å². The van der Waals surface area contributed by atoms with E-state index in [2.05, 4.69) is 106 Å². The van der Waals surface area contributed by atoms with Gasteiger partial charge in [0.2, 0.25) is 5.69 Å². The molecular weight excluding hydrogens is 352 g/mol. The number of aryl methyl sites for hydroxylation is 3. The summed E-state index contributed by atoms with van der Waals surface area (Å²) >= 11 is 0. The number of nitrogens with zero attached hydrogens (tertiary/aromatic N) is 2. The summed E-state index contributed by atoms with van der Waals surface area (Å²) in [7, 11) is 2.13. The predicted molar refractivity (Wildman–Crippen MR) is 122 cm³/mol. The molecule has 0 fully saturated rings. The molecule has 4 rings (SSSR count). The maximum absolute atomic E-state index is 4.64. The van der Waals surface area contributed by atoms with Crippen molar-refractivity contribution in [3.8, 4) is 22.4 Å². The van der Waals surface area contributed by atoms with E-state index < -0.39 is 0 Å². The van der Waals surface area contributed by atoms with Gasteiger partial charge in [-0.15, -0.1) is 0 Å². The van der Waals surface area contributed by atoms with Crippen LogP contribution in [0.2, 0.25) is 0 Å². The Labute approximate surface area is 173 Å². The summed E-state index contributed by atoms with van der Waals surface area (Å²) in [5, 5.41) is 2.50. The zero-order valence-corrected chi connectivity index (χ0v) is 18.2. The summed E-state index contributed by atoms with van der Waals surface area (Å²) in [6, 6.07) is 17.9. The molecule has 0 aliphatic carbocycles. The van der Waals surface area contributed by atoms with Gasteiger partial charge in [-0.2, -0.15) is 0 Å². The molecule has 2 aromatic carbocycles. The fraction of sp³-hybridized carbons (Fsp3) is 0.259. The first kappa shape index (κ1) is 19.3. The fourth-order valence-electron chi connectivity index (χ4n) is 4.02. The lowest BCUT2D eigenvalue weighted by molar-refractivity contribution is -0.659.